The van der Waals surface area contributed by atoms with Crippen LogP contribution in [0.4, 0.5) is 5.69 Å². The number of nitrogens with zero attached hydrogens (tertiary/aromatic N) is 1. The molecule has 0 spiro atoms. The number of hydrogen-bond acceptors (Lipinski definition) is 5. The van der Waals surface area contributed by atoms with Crippen LogP contribution < -0.4 is 9.50 Å². The van der Waals surface area contributed by atoms with Gasteiger partial charge in [-0.3, -0.25) is 23.8 Å². The first-order valence-electron chi connectivity index (χ1n) is 6.29. The normalized spacial score (nSPS) is 15.0. The van der Waals surface area contributed by atoms with E-state index in [0.29, 0.717) is 5.69 Å². The van der Waals surface area contributed by atoms with Crippen molar-refractivity contribution in [1.82, 2.24) is 4.90 Å². The van der Waals surface area contributed by atoms with Gasteiger partial charge in [-0.1, -0.05) is 11.6 Å². The molecule has 8 nitrogen and oxygen atoms in total. The molecule has 0 aromatic heterocycles. The lowest BCUT2D eigenvalue weighted by atomic mass is 10.3. The first-order chi connectivity index (χ1) is 10.9. The van der Waals surface area contributed by atoms with Crippen LogP contribution in [0.1, 0.15) is 6.42 Å². The Morgan fingerprint density at radius 1 is 1.30 bits per heavy atom. The molecule has 1 aliphatic rings. The van der Waals surface area contributed by atoms with Crippen molar-refractivity contribution in [3.05, 3.63) is 35.4 Å². The Balaban J connectivity index is 1.90. The van der Waals surface area contributed by atoms with Gasteiger partial charge in [-0.25, -0.2) is 0 Å². The third-order valence-electron chi connectivity index (χ3n) is 2.84. The van der Waals surface area contributed by atoms with Crippen LogP contribution in [-0.4, -0.2) is 37.9 Å². The zero-order chi connectivity index (χ0) is 17.0. The zero-order valence-electron chi connectivity index (χ0n) is 11.5. The van der Waals surface area contributed by atoms with E-state index in [9.17, 15) is 18.6 Å². The summed E-state index contributed by atoms with van der Waals surface area (Å²) in [4.78, 5) is 35.4. The van der Waals surface area contributed by atoms with Crippen LogP contribution in [0.3, 0.4) is 0 Å². The summed E-state index contributed by atoms with van der Waals surface area (Å²) in [5.74, 6) is -1.34. The largest absolute Gasteiger partial charge is 0.379 e. The number of halogens is 1. The van der Waals surface area contributed by atoms with Gasteiger partial charge in [0, 0.05) is 30.8 Å². The van der Waals surface area contributed by atoms with E-state index in [1.807, 2.05) is 0 Å². The maximum atomic E-state index is 11.8. The fourth-order valence-corrected chi connectivity index (χ4v) is 2.38. The predicted molar refractivity (Wildman–Crippen MR) is 82.0 cm³/mol. The number of benzene rings is 1. The maximum absolute atomic E-state index is 11.8. The topological polar surface area (TPSA) is 113 Å². The molecule has 0 saturated heterocycles. The number of nitrogens with one attached hydrogen (secondary N) is 1. The molecule has 1 aliphatic heterocycles. The number of rotatable bonds is 6. The van der Waals surface area contributed by atoms with Gasteiger partial charge in [0.05, 0.1) is 5.02 Å². The lowest BCUT2D eigenvalue weighted by Gasteiger charge is -2.13. The van der Waals surface area contributed by atoms with Crippen LogP contribution in [-0.2, 0) is 25.7 Å². The van der Waals surface area contributed by atoms with Crippen LogP contribution in [0.5, 0.6) is 5.75 Å². The van der Waals surface area contributed by atoms with Crippen molar-refractivity contribution in [1.29, 1.82) is 0 Å². The van der Waals surface area contributed by atoms with Crippen molar-refractivity contribution >= 4 is 46.4 Å². The van der Waals surface area contributed by atoms with Crippen LogP contribution in [0, 0.1) is 0 Å². The monoisotopic (exact) mass is 358 g/mol. The summed E-state index contributed by atoms with van der Waals surface area (Å²) in [6.07, 6.45) is 2.21. The minimum Gasteiger partial charge on any atom is -0.379 e. The third-order valence-corrected chi connectivity index (χ3v) is 3.46. The second kappa shape index (κ2) is 7.36. The molecule has 0 saturated carbocycles. The van der Waals surface area contributed by atoms with E-state index >= 15 is 0 Å². The van der Waals surface area contributed by atoms with Gasteiger partial charge in [0.1, 0.15) is 0 Å². The van der Waals surface area contributed by atoms with Gasteiger partial charge in [0.2, 0.25) is 5.91 Å². The summed E-state index contributed by atoms with van der Waals surface area (Å²) in [5, 5.41) is 2.57. The lowest BCUT2D eigenvalue weighted by Crippen LogP contribution is -2.33. The number of amides is 3. The minimum absolute atomic E-state index is 0.00941. The van der Waals surface area contributed by atoms with E-state index in [1.165, 1.54) is 18.2 Å². The van der Waals surface area contributed by atoms with Crippen molar-refractivity contribution in [2.24, 2.45) is 0 Å². The molecule has 122 valence electrons. The molecule has 2 N–H and O–H groups in total. The third kappa shape index (κ3) is 4.62. The van der Waals surface area contributed by atoms with E-state index in [4.69, 9.17) is 16.2 Å². The molecule has 1 aromatic carbocycles. The van der Waals surface area contributed by atoms with Gasteiger partial charge < -0.3 is 9.50 Å². The first kappa shape index (κ1) is 17.1. The van der Waals surface area contributed by atoms with Crippen LogP contribution in [0.25, 0.3) is 0 Å². The molecule has 10 heteroatoms. The number of imide groups is 1. The second-order valence-corrected chi connectivity index (χ2v) is 5.41. The molecule has 1 aromatic rings. The highest BCUT2D eigenvalue weighted by Gasteiger charge is 2.23. The summed E-state index contributed by atoms with van der Waals surface area (Å²) in [6, 6.07) is 4.10. The molecule has 23 heavy (non-hydrogen) atoms. The van der Waals surface area contributed by atoms with Crippen molar-refractivity contribution < 1.29 is 27.3 Å². The van der Waals surface area contributed by atoms with Gasteiger partial charge >= 0.3 is 11.4 Å². The summed E-state index contributed by atoms with van der Waals surface area (Å²) in [6.45, 7) is -0.0328. The molecule has 0 bridgehead atoms. The van der Waals surface area contributed by atoms with Crippen LogP contribution >= 0.6 is 11.6 Å². The van der Waals surface area contributed by atoms with Crippen molar-refractivity contribution in [2.45, 2.75) is 6.42 Å². The highest BCUT2D eigenvalue weighted by atomic mass is 35.5. The van der Waals surface area contributed by atoms with Gasteiger partial charge in [-0.05, 0) is 18.2 Å². The smallest absolute Gasteiger partial charge is 0.357 e. The Labute approximate surface area is 138 Å². The molecule has 3 amide bonds. The SMILES string of the molecule is O=C(CCN1C(=O)C=CC1=O)Nc1ccc(OS(=O)O)c(Cl)c1. The minimum atomic E-state index is -2.50. The Kier molecular flexibility index (Phi) is 5.48. The molecule has 1 atom stereocenters. The molecule has 2 rings (SSSR count). The number of hydrogen-bond donors (Lipinski definition) is 2. The molecular weight excluding hydrogens is 348 g/mol. The van der Waals surface area contributed by atoms with E-state index < -0.39 is 29.1 Å². The average molecular weight is 359 g/mol. The summed E-state index contributed by atoms with van der Waals surface area (Å²) >= 11 is 3.35. The van der Waals surface area contributed by atoms with Crippen molar-refractivity contribution in [2.75, 3.05) is 11.9 Å². The van der Waals surface area contributed by atoms with Crippen molar-refractivity contribution in [3.8, 4) is 5.75 Å². The Morgan fingerprint density at radius 3 is 2.52 bits per heavy atom. The van der Waals surface area contributed by atoms with Gasteiger partial charge in [0.25, 0.3) is 11.8 Å². The standard InChI is InChI=1S/C13H11ClN2O6S/c14-9-7-8(1-2-10(9)22-23(20)21)15-11(17)5-6-16-12(18)3-4-13(16)19/h1-4,7H,5-6H2,(H,15,17)(H,20,21). The zero-order valence-corrected chi connectivity index (χ0v) is 13.1. The highest BCUT2D eigenvalue weighted by Crippen LogP contribution is 2.28. The summed E-state index contributed by atoms with van der Waals surface area (Å²) in [5.41, 5.74) is 0.341. The first-order valence-corrected chi connectivity index (χ1v) is 7.70. The number of carbonyl (C=O) groups is 3. The molecular formula is C13H11ClN2O6S. The number of carbonyl (C=O) groups excluding carboxylic acids is 3. The predicted octanol–water partition coefficient (Wildman–Crippen LogP) is 1.11. The van der Waals surface area contributed by atoms with Gasteiger partial charge in [-0.2, -0.15) is 4.21 Å². The highest BCUT2D eigenvalue weighted by molar-refractivity contribution is 7.74. The molecule has 0 aliphatic carbocycles. The fourth-order valence-electron chi connectivity index (χ4n) is 1.81. The molecule has 1 heterocycles. The van der Waals surface area contributed by atoms with Gasteiger partial charge in [0.15, 0.2) is 5.75 Å². The number of anilines is 1. The fraction of sp³-hybridized carbons (Fsp3) is 0.154. The lowest BCUT2D eigenvalue weighted by molar-refractivity contribution is -0.137. The van der Waals surface area contributed by atoms with Gasteiger partial charge in [-0.15, -0.1) is 0 Å². The quantitative estimate of drug-likeness (QED) is 0.581. The Hall–Kier alpha value is -2.23. The summed E-state index contributed by atoms with van der Waals surface area (Å²) in [7, 11) is 0. The molecule has 0 fully saturated rings. The average Bonchev–Trinajstić information content (AvgIpc) is 2.78. The maximum Gasteiger partial charge on any atom is 0.357 e. The van der Waals surface area contributed by atoms with E-state index in [1.54, 1.807) is 0 Å². The van der Waals surface area contributed by atoms with E-state index in [0.717, 1.165) is 17.1 Å². The Bertz CT molecular complexity index is 702. The van der Waals surface area contributed by atoms with Crippen LogP contribution in [0.15, 0.2) is 30.4 Å². The summed E-state index contributed by atoms with van der Waals surface area (Å²) < 4.78 is 23.7. The van der Waals surface area contributed by atoms with E-state index in [-0.39, 0.29) is 23.7 Å². The molecule has 0 radical (unpaired) electrons. The van der Waals surface area contributed by atoms with E-state index in [2.05, 4.69) is 9.50 Å². The van der Waals surface area contributed by atoms with Crippen LogP contribution in [0.2, 0.25) is 5.02 Å². The second-order valence-electron chi connectivity index (χ2n) is 4.41. The Morgan fingerprint density at radius 2 is 1.96 bits per heavy atom. The molecule has 1 unspecified atom stereocenters. The van der Waals surface area contributed by atoms with Crippen molar-refractivity contribution in [3.63, 3.8) is 0 Å².